The van der Waals surface area contributed by atoms with E-state index >= 15 is 0 Å². The van der Waals surface area contributed by atoms with E-state index in [1.54, 1.807) is 0 Å². The van der Waals surface area contributed by atoms with Gasteiger partial charge in [-0.3, -0.25) is 4.79 Å². The summed E-state index contributed by atoms with van der Waals surface area (Å²) in [4.78, 5) is 11.9. The molecule has 0 aliphatic carbocycles. The third kappa shape index (κ3) is 3.65. The number of benzene rings is 1. The monoisotopic (exact) mass is 303 g/mol. The van der Waals surface area contributed by atoms with Gasteiger partial charge in [-0.15, -0.1) is 0 Å². The lowest BCUT2D eigenvalue weighted by Gasteiger charge is -2.07. The van der Waals surface area contributed by atoms with Gasteiger partial charge in [-0.2, -0.15) is 5.10 Å². The zero-order valence-corrected chi connectivity index (χ0v) is 12.8. The third-order valence-corrected chi connectivity index (χ3v) is 3.33. The first-order valence-corrected chi connectivity index (χ1v) is 7.31. The highest BCUT2D eigenvalue weighted by molar-refractivity contribution is 5.94. The number of aliphatic hydroxyl groups excluding tert-OH is 1. The lowest BCUT2D eigenvalue weighted by molar-refractivity contribution is 0.0943. The molecule has 1 amide bonds. The number of nitrogens with one attached hydrogen (secondary N) is 1. The lowest BCUT2D eigenvalue weighted by Crippen LogP contribution is -2.25. The molecule has 0 bridgehead atoms. The first kappa shape index (κ1) is 16.0. The fourth-order valence-electron chi connectivity index (χ4n) is 2.05. The molecule has 0 saturated carbocycles. The predicted octanol–water partition coefficient (Wildman–Crippen LogP) is 1.81. The summed E-state index contributed by atoms with van der Waals surface area (Å²) in [7, 11) is 0. The van der Waals surface area contributed by atoms with Gasteiger partial charge in [0.1, 0.15) is 0 Å². The van der Waals surface area contributed by atoms with E-state index in [4.69, 9.17) is 5.11 Å². The van der Waals surface area contributed by atoms with Crippen molar-refractivity contribution in [1.82, 2.24) is 15.1 Å². The molecular formula is C16H21N3O3. The Kier molecular flexibility index (Phi) is 5.16. The van der Waals surface area contributed by atoms with Gasteiger partial charge in [-0.05, 0) is 30.0 Å². The predicted molar refractivity (Wildman–Crippen MR) is 83.4 cm³/mol. The molecule has 0 radical (unpaired) electrons. The highest BCUT2D eigenvalue weighted by Gasteiger charge is 2.16. The molecule has 2 rings (SSSR count). The van der Waals surface area contributed by atoms with Gasteiger partial charge in [-0.1, -0.05) is 26.0 Å². The Morgan fingerprint density at radius 3 is 2.86 bits per heavy atom. The molecule has 118 valence electrons. The molecule has 0 unspecified atom stereocenters. The van der Waals surface area contributed by atoms with Crippen LogP contribution in [-0.2, 0) is 0 Å². The molecule has 1 aromatic heterocycles. The summed E-state index contributed by atoms with van der Waals surface area (Å²) in [6.07, 6.45) is 1.88. The Morgan fingerprint density at radius 1 is 1.41 bits per heavy atom. The fraction of sp³-hybridized carbons (Fsp3) is 0.375. The minimum absolute atomic E-state index is 0.00268. The standard InChI is InChI=1S/C16H21N3O3/c1-11(2)12-5-3-6-13(9-12)19-10-14(21)15(18-19)16(22)17-7-4-8-20/h3,5-6,9-11,20-21H,4,7-8H2,1-2H3,(H,17,22). The molecule has 22 heavy (non-hydrogen) atoms. The van der Waals surface area contributed by atoms with Gasteiger partial charge in [0.2, 0.25) is 0 Å². The quantitative estimate of drug-likeness (QED) is 0.710. The molecular weight excluding hydrogens is 282 g/mol. The third-order valence-electron chi connectivity index (χ3n) is 3.33. The zero-order valence-electron chi connectivity index (χ0n) is 12.8. The molecule has 6 nitrogen and oxygen atoms in total. The van der Waals surface area contributed by atoms with E-state index in [0.29, 0.717) is 18.9 Å². The Hall–Kier alpha value is -2.34. The van der Waals surface area contributed by atoms with E-state index < -0.39 is 5.91 Å². The van der Waals surface area contributed by atoms with Crippen molar-refractivity contribution in [2.24, 2.45) is 0 Å². The van der Waals surface area contributed by atoms with Gasteiger partial charge in [0.15, 0.2) is 11.4 Å². The average molecular weight is 303 g/mol. The van der Waals surface area contributed by atoms with Gasteiger partial charge in [0, 0.05) is 13.2 Å². The topological polar surface area (TPSA) is 87.4 Å². The van der Waals surface area contributed by atoms with Gasteiger partial charge >= 0.3 is 0 Å². The van der Waals surface area contributed by atoms with Crippen molar-refractivity contribution in [1.29, 1.82) is 0 Å². The van der Waals surface area contributed by atoms with Crippen LogP contribution in [-0.4, -0.2) is 39.1 Å². The first-order valence-electron chi connectivity index (χ1n) is 7.31. The number of nitrogens with zero attached hydrogens (tertiary/aromatic N) is 2. The number of amides is 1. The van der Waals surface area contributed by atoms with Crippen LogP contribution >= 0.6 is 0 Å². The Labute approximate surface area is 129 Å². The molecule has 0 fully saturated rings. The van der Waals surface area contributed by atoms with Gasteiger partial charge < -0.3 is 15.5 Å². The van der Waals surface area contributed by atoms with Crippen molar-refractivity contribution in [3.63, 3.8) is 0 Å². The Bertz CT molecular complexity index is 650. The summed E-state index contributed by atoms with van der Waals surface area (Å²) in [6, 6.07) is 7.79. The summed E-state index contributed by atoms with van der Waals surface area (Å²) in [5.74, 6) is -0.244. The van der Waals surface area contributed by atoms with Crippen LogP contribution in [0.3, 0.4) is 0 Å². The van der Waals surface area contributed by atoms with Crippen molar-refractivity contribution in [3.8, 4) is 11.4 Å². The van der Waals surface area contributed by atoms with Crippen LogP contribution in [0.15, 0.2) is 30.5 Å². The molecule has 3 N–H and O–H groups in total. The molecule has 0 spiro atoms. The summed E-state index contributed by atoms with van der Waals surface area (Å²) >= 11 is 0. The summed E-state index contributed by atoms with van der Waals surface area (Å²) in [5.41, 5.74) is 1.92. The SMILES string of the molecule is CC(C)c1cccc(-n2cc(O)c(C(=O)NCCCO)n2)c1. The molecule has 2 aromatic rings. The van der Waals surface area contributed by atoms with Crippen LogP contribution in [0, 0.1) is 0 Å². The number of carbonyl (C=O) groups excluding carboxylic acids is 1. The number of hydrogen-bond acceptors (Lipinski definition) is 4. The summed E-state index contributed by atoms with van der Waals surface area (Å²) in [6.45, 7) is 4.53. The molecule has 0 atom stereocenters. The minimum atomic E-state index is -0.454. The van der Waals surface area contributed by atoms with Crippen molar-refractivity contribution >= 4 is 5.91 Å². The average Bonchev–Trinajstić information content (AvgIpc) is 2.89. The van der Waals surface area contributed by atoms with Crippen LogP contribution in [0.2, 0.25) is 0 Å². The molecule has 0 saturated heterocycles. The number of aliphatic hydroxyl groups is 1. The van der Waals surface area contributed by atoms with E-state index in [0.717, 1.165) is 11.3 Å². The number of hydrogen-bond donors (Lipinski definition) is 3. The maximum absolute atomic E-state index is 11.9. The highest BCUT2D eigenvalue weighted by atomic mass is 16.3. The van der Waals surface area contributed by atoms with Crippen molar-refractivity contribution in [3.05, 3.63) is 41.7 Å². The summed E-state index contributed by atoms with van der Waals surface area (Å²) < 4.78 is 1.49. The molecule has 0 aliphatic heterocycles. The van der Waals surface area contributed by atoms with Gasteiger partial charge in [0.05, 0.1) is 11.9 Å². The van der Waals surface area contributed by atoms with E-state index in [-0.39, 0.29) is 18.1 Å². The minimum Gasteiger partial charge on any atom is -0.504 e. The van der Waals surface area contributed by atoms with E-state index in [9.17, 15) is 9.90 Å². The maximum atomic E-state index is 11.9. The normalized spacial score (nSPS) is 10.9. The molecule has 0 aliphatic rings. The number of aromatic nitrogens is 2. The second-order valence-electron chi connectivity index (χ2n) is 5.39. The second kappa shape index (κ2) is 7.09. The number of carbonyl (C=O) groups is 1. The van der Waals surface area contributed by atoms with Gasteiger partial charge in [-0.25, -0.2) is 4.68 Å². The molecule has 1 heterocycles. The van der Waals surface area contributed by atoms with Crippen molar-refractivity contribution < 1.29 is 15.0 Å². The zero-order chi connectivity index (χ0) is 16.1. The Morgan fingerprint density at radius 2 is 2.18 bits per heavy atom. The Balaban J connectivity index is 2.22. The fourth-order valence-corrected chi connectivity index (χ4v) is 2.05. The van der Waals surface area contributed by atoms with Crippen LogP contribution < -0.4 is 5.32 Å². The number of rotatable bonds is 6. The van der Waals surface area contributed by atoms with E-state index in [1.165, 1.54) is 10.9 Å². The van der Waals surface area contributed by atoms with Crippen LogP contribution in [0.4, 0.5) is 0 Å². The van der Waals surface area contributed by atoms with Crippen LogP contribution in [0.5, 0.6) is 5.75 Å². The van der Waals surface area contributed by atoms with Crippen LogP contribution in [0.25, 0.3) is 5.69 Å². The van der Waals surface area contributed by atoms with Crippen LogP contribution in [0.1, 0.15) is 42.2 Å². The van der Waals surface area contributed by atoms with E-state index in [1.807, 2.05) is 24.3 Å². The maximum Gasteiger partial charge on any atom is 0.275 e. The first-order chi connectivity index (χ1) is 10.5. The lowest BCUT2D eigenvalue weighted by atomic mass is 10.0. The molecule has 6 heteroatoms. The molecule has 1 aromatic carbocycles. The second-order valence-corrected chi connectivity index (χ2v) is 5.39. The van der Waals surface area contributed by atoms with E-state index in [2.05, 4.69) is 24.3 Å². The van der Waals surface area contributed by atoms with Gasteiger partial charge in [0.25, 0.3) is 5.91 Å². The summed E-state index contributed by atoms with van der Waals surface area (Å²) in [5, 5.41) is 25.4. The smallest absolute Gasteiger partial charge is 0.275 e. The number of aromatic hydroxyl groups is 1. The van der Waals surface area contributed by atoms with Crippen molar-refractivity contribution in [2.45, 2.75) is 26.2 Å². The largest absolute Gasteiger partial charge is 0.504 e. The van der Waals surface area contributed by atoms with Crippen molar-refractivity contribution in [2.75, 3.05) is 13.2 Å². The highest BCUT2D eigenvalue weighted by Crippen LogP contribution is 2.21.